The molecule has 0 saturated heterocycles. The number of carboxylic acids is 1. The van der Waals surface area contributed by atoms with Crippen molar-refractivity contribution >= 4 is 23.5 Å². The summed E-state index contributed by atoms with van der Waals surface area (Å²) in [5.74, 6) is -1.89. The number of aliphatic carboxylic acids is 1. The minimum absolute atomic E-state index is 0.122. The third-order valence-corrected chi connectivity index (χ3v) is 5.15. The van der Waals surface area contributed by atoms with E-state index in [9.17, 15) is 9.59 Å². The van der Waals surface area contributed by atoms with E-state index in [2.05, 4.69) is 5.32 Å². The van der Waals surface area contributed by atoms with Gasteiger partial charge in [-0.05, 0) is 49.8 Å². The van der Waals surface area contributed by atoms with Crippen LogP contribution < -0.4 is 5.32 Å². The zero-order valence-corrected chi connectivity index (χ0v) is 12.4. The fourth-order valence-electron chi connectivity index (χ4n) is 3.22. The molecule has 0 heterocycles. The molecule has 1 aromatic rings. The predicted molar refractivity (Wildman–Crippen MR) is 79.0 cm³/mol. The van der Waals surface area contributed by atoms with Crippen LogP contribution in [0, 0.1) is 11.8 Å². The van der Waals surface area contributed by atoms with Crippen LogP contribution in [-0.4, -0.2) is 17.0 Å². The van der Waals surface area contributed by atoms with Crippen LogP contribution in [0.1, 0.15) is 37.7 Å². The number of rotatable bonds is 4. The van der Waals surface area contributed by atoms with E-state index < -0.39 is 11.9 Å². The molecule has 4 nitrogen and oxygen atoms in total. The van der Waals surface area contributed by atoms with E-state index in [-0.39, 0.29) is 17.4 Å². The number of carbonyl (C=O) groups excluding carboxylic acids is 1. The first-order chi connectivity index (χ1) is 10.0. The van der Waals surface area contributed by atoms with Crippen LogP contribution in [0.5, 0.6) is 0 Å². The number of amides is 1. The molecule has 2 aliphatic rings. The van der Waals surface area contributed by atoms with Crippen molar-refractivity contribution in [1.29, 1.82) is 0 Å². The number of carbonyl (C=O) groups is 2. The first-order valence-electron chi connectivity index (χ1n) is 7.33. The van der Waals surface area contributed by atoms with E-state index in [1.807, 2.05) is 24.3 Å². The fourth-order valence-corrected chi connectivity index (χ4v) is 3.35. The molecular formula is C16H18ClNO3. The smallest absolute Gasteiger partial charge is 0.307 e. The van der Waals surface area contributed by atoms with Crippen molar-refractivity contribution < 1.29 is 14.7 Å². The molecule has 2 atom stereocenters. The number of carboxylic acid groups (broad SMARTS) is 1. The standard InChI is InChI=1S/C16H18ClNO3/c17-11-4-2-10(3-5-11)16(8-1-9-16)18-14(19)12-6-7-13(12)15(20)21/h2-5,12-13H,1,6-9H2,(H,18,19)(H,20,21). The Morgan fingerprint density at radius 1 is 1.14 bits per heavy atom. The Hall–Kier alpha value is -1.55. The first kappa shape index (κ1) is 14.4. The average molecular weight is 308 g/mol. The summed E-state index contributed by atoms with van der Waals surface area (Å²) in [5, 5.41) is 12.9. The zero-order chi connectivity index (χ0) is 15.0. The van der Waals surface area contributed by atoms with E-state index in [0.29, 0.717) is 17.9 Å². The average Bonchev–Trinajstić information content (AvgIpc) is 2.33. The molecule has 2 aliphatic carbocycles. The molecule has 0 bridgehead atoms. The third-order valence-electron chi connectivity index (χ3n) is 4.89. The van der Waals surface area contributed by atoms with Gasteiger partial charge < -0.3 is 10.4 Å². The molecule has 5 heteroatoms. The summed E-state index contributed by atoms with van der Waals surface area (Å²) in [6.45, 7) is 0. The van der Waals surface area contributed by atoms with Gasteiger partial charge in [-0.15, -0.1) is 0 Å². The summed E-state index contributed by atoms with van der Waals surface area (Å²) in [6.07, 6.45) is 4.12. The van der Waals surface area contributed by atoms with Crippen molar-refractivity contribution in [3.63, 3.8) is 0 Å². The minimum atomic E-state index is -0.865. The molecule has 112 valence electrons. The largest absolute Gasteiger partial charge is 0.481 e. The van der Waals surface area contributed by atoms with Crippen LogP contribution >= 0.6 is 11.6 Å². The van der Waals surface area contributed by atoms with Crippen LogP contribution in [0.15, 0.2) is 24.3 Å². The molecule has 1 aromatic carbocycles. The highest BCUT2D eigenvalue weighted by atomic mass is 35.5. The predicted octanol–water partition coefficient (Wildman–Crippen LogP) is 2.95. The van der Waals surface area contributed by atoms with Crippen LogP contribution in [-0.2, 0) is 15.1 Å². The Balaban J connectivity index is 1.74. The highest BCUT2D eigenvalue weighted by Crippen LogP contribution is 2.43. The Morgan fingerprint density at radius 3 is 2.19 bits per heavy atom. The van der Waals surface area contributed by atoms with Crippen LogP contribution in [0.4, 0.5) is 0 Å². The van der Waals surface area contributed by atoms with E-state index in [1.165, 1.54) is 0 Å². The Labute approximate surface area is 128 Å². The molecule has 2 saturated carbocycles. The normalized spacial score (nSPS) is 26.3. The fraction of sp³-hybridized carbons (Fsp3) is 0.500. The Kier molecular flexibility index (Phi) is 3.66. The summed E-state index contributed by atoms with van der Waals surface area (Å²) in [6, 6.07) is 7.54. The maximum atomic E-state index is 12.4. The van der Waals surface area contributed by atoms with E-state index in [4.69, 9.17) is 16.7 Å². The monoisotopic (exact) mass is 307 g/mol. The molecule has 1 amide bonds. The van der Waals surface area contributed by atoms with Crippen molar-refractivity contribution in [2.24, 2.45) is 11.8 Å². The molecule has 0 aliphatic heterocycles. The third kappa shape index (κ3) is 2.53. The maximum absolute atomic E-state index is 12.4. The SMILES string of the molecule is O=C(O)C1CCC1C(=O)NC1(c2ccc(Cl)cc2)CCC1. The summed E-state index contributed by atoms with van der Waals surface area (Å²) in [5.41, 5.74) is 0.720. The van der Waals surface area contributed by atoms with Crippen molar-refractivity contribution in [1.82, 2.24) is 5.32 Å². The van der Waals surface area contributed by atoms with Gasteiger partial charge in [-0.3, -0.25) is 9.59 Å². The van der Waals surface area contributed by atoms with Gasteiger partial charge in [0.05, 0.1) is 17.4 Å². The van der Waals surface area contributed by atoms with Crippen molar-refractivity contribution in [3.05, 3.63) is 34.9 Å². The first-order valence-corrected chi connectivity index (χ1v) is 7.70. The van der Waals surface area contributed by atoms with Gasteiger partial charge >= 0.3 is 5.97 Å². The summed E-state index contributed by atoms with van der Waals surface area (Å²) in [7, 11) is 0. The maximum Gasteiger partial charge on any atom is 0.307 e. The Morgan fingerprint density at radius 2 is 1.76 bits per heavy atom. The van der Waals surface area contributed by atoms with Gasteiger partial charge in [0.25, 0.3) is 0 Å². The lowest BCUT2D eigenvalue weighted by molar-refractivity contribution is -0.153. The highest BCUT2D eigenvalue weighted by molar-refractivity contribution is 6.30. The molecule has 0 spiro atoms. The second-order valence-corrected chi connectivity index (χ2v) is 6.50. The lowest BCUT2D eigenvalue weighted by atomic mass is 9.69. The number of hydrogen-bond acceptors (Lipinski definition) is 2. The highest BCUT2D eigenvalue weighted by Gasteiger charge is 2.46. The topological polar surface area (TPSA) is 66.4 Å². The number of benzene rings is 1. The van der Waals surface area contributed by atoms with Gasteiger partial charge in [-0.25, -0.2) is 0 Å². The van der Waals surface area contributed by atoms with Crippen molar-refractivity contribution in [2.45, 2.75) is 37.6 Å². The van der Waals surface area contributed by atoms with Crippen LogP contribution in [0.3, 0.4) is 0 Å². The second kappa shape index (κ2) is 5.34. The summed E-state index contributed by atoms with van der Waals surface area (Å²) >= 11 is 5.91. The van der Waals surface area contributed by atoms with Gasteiger partial charge in [0.2, 0.25) is 5.91 Å². The van der Waals surface area contributed by atoms with Crippen molar-refractivity contribution in [2.75, 3.05) is 0 Å². The lowest BCUT2D eigenvalue weighted by Gasteiger charge is -2.45. The van der Waals surface area contributed by atoms with E-state index in [1.54, 1.807) is 0 Å². The molecule has 2 fully saturated rings. The molecule has 3 rings (SSSR count). The molecule has 21 heavy (non-hydrogen) atoms. The number of halogens is 1. The van der Waals surface area contributed by atoms with Crippen molar-refractivity contribution in [3.8, 4) is 0 Å². The van der Waals surface area contributed by atoms with Gasteiger partial charge in [-0.2, -0.15) is 0 Å². The summed E-state index contributed by atoms with van der Waals surface area (Å²) < 4.78 is 0. The van der Waals surface area contributed by atoms with Gasteiger partial charge in [-0.1, -0.05) is 23.7 Å². The van der Waals surface area contributed by atoms with Gasteiger partial charge in [0.15, 0.2) is 0 Å². The van der Waals surface area contributed by atoms with Crippen LogP contribution in [0.2, 0.25) is 5.02 Å². The zero-order valence-electron chi connectivity index (χ0n) is 11.6. The number of hydrogen-bond donors (Lipinski definition) is 2. The molecule has 2 N–H and O–H groups in total. The summed E-state index contributed by atoms with van der Waals surface area (Å²) in [4.78, 5) is 23.4. The van der Waals surface area contributed by atoms with Gasteiger partial charge in [0.1, 0.15) is 0 Å². The van der Waals surface area contributed by atoms with E-state index >= 15 is 0 Å². The minimum Gasteiger partial charge on any atom is -0.481 e. The molecule has 0 aromatic heterocycles. The molecular weight excluding hydrogens is 290 g/mol. The van der Waals surface area contributed by atoms with Crippen LogP contribution in [0.25, 0.3) is 0 Å². The second-order valence-electron chi connectivity index (χ2n) is 6.06. The lowest BCUT2D eigenvalue weighted by Crippen LogP contribution is -2.55. The Bertz CT molecular complexity index is 565. The van der Waals surface area contributed by atoms with Gasteiger partial charge in [0, 0.05) is 5.02 Å². The quantitative estimate of drug-likeness (QED) is 0.898. The van der Waals surface area contributed by atoms with E-state index in [0.717, 1.165) is 24.8 Å². The molecule has 0 radical (unpaired) electrons. The molecule has 2 unspecified atom stereocenters. The number of nitrogens with one attached hydrogen (secondary N) is 1.